The van der Waals surface area contributed by atoms with E-state index in [1.165, 1.54) is 25.7 Å². The lowest BCUT2D eigenvalue weighted by molar-refractivity contribution is 0.101. The second kappa shape index (κ2) is 6.42. The van der Waals surface area contributed by atoms with Gasteiger partial charge in [0.25, 0.3) is 0 Å². The highest BCUT2D eigenvalue weighted by Gasteiger charge is 2.20. The molecule has 0 atom stereocenters. The number of rotatable bonds is 4. The van der Waals surface area contributed by atoms with E-state index in [0.717, 1.165) is 24.7 Å². The molecule has 0 aliphatic carbocycles. The maximum absolute atomic E-state index is 11.3. The van der Waals surface area contributed by atoms with Crippen LogP contribution in [0, 0.1) is 5.92 Å². The molecule has 2 nitrogen and oxygen atoms in total. The predicted octanol–water partition coefficient (Wildman–Crippen LogP) is 4.56. The van der Waals surface area contributed by atoms with Gasteiger partial charge in [0.1, 0.15) is 0 Å². The summed E-state index contributed by atoms with van der Waals surface area (Å²) >= 11 is 6.31. The van der Waals surface area contributed by atoms with Gasteiger partial charge in [-0.25, -0.2) is 0 Å². The third-order valence-corrected chi connectivity index (χ3v) is 4.31. The van der Waals surface area contributed by atoms with Gasteiger partial charge in [0, 0.05) is 18.7 Å². The van der Waals surface area contributed by atoms with E-state index in [2.05, 4.69) is 11.8 Å². The van der Waals surface area contributed by atoms with Crippen LogP contribution in [0.3, 0.4) is 0 Å². The van der Waals surface area contributed by atoms with Gasteiger partial charge in [-0.05, 0) is 43.9 Å². The molecule has 1 fully saturated rings. The Labute approximate surface area is 120 Å². The van der Waals surface area contributed by atoms with Crippen molar-refractivity contribution < 1.29 is 4.79 Å². The molecular formula is C16H22ClNO. The first-order chi connectivity index (χ1) is 9.11. The van der Waals surface area contributed by atoms with Gasteiger partial charge >= 0.3 is 0 Å². The summed E-state index contributed by atoms with van der Waals surface area (Å²) in [6.07, 6.45) is 5.11. The van der Waals surface area contributed by atoms with Crippen LogP contribution in [0.5, 0.6) is 0 Å². The lowest BCUT2D eigenvalue weighted by Gasteiger charge is -2.34. The lowest BCUT2D eigenvalue weighted by Crippen LogP contribution is -2.33. The molecule has 0 unspecified atom stereocenters. The van der Waals surface area contributed by atoms with Crippen LogP contribution < -0.4 is 4.90 Å². The highest BCUT2D eigenvalue weighted by molar-refractivity contribution is 6.33. The van der Waals surface area contributed by atoms with Crippen LogP contribution in [0.15, 0.2) is 18.2 Å². The van der Waals surface area contributed by atoms with Crippen molar-refractivity contribution in [2.24, 2.45) is 5.92 Å². The number of nitrogens with zero attached hydrogens (tertiary/aromatic N) is 1. The van der Waals surface area contributed by atoms with Gasteiger partial charge in [0.15, 0.2) is 5.78 Å². The Morgan fingerprint density at radius 2 is 2.05 bits per heavy atom. The number of piperidine rings is 1. The van der Waals surface area contributed by atoms with Crippen LogP contribution in [0.25, 0.3) is 0 Å². The quantitative estimate of drug-likeness (QED) is 0.753. The van der Waals surface area contributed by atoms with Crippen LogP contribution >= 0.6 is 11.6 Å². The number of Topliss-reactive ketones (excluding diaryl/α,β-unsaturated/α-hetero) is 1. The Morgan fingerprint density at radius 3 is 2.58 bits per heavy atom. The largest absolute Gasteiger partial charge is 0.370 e. The van der Waals surface area contributed by atoms with Crippen molar-refractivity contribution >= 4 is 23.1 Å². The monoisotopic (exact) mass is 279 g/mol. The van der Waals surface area contributed by atoms with Crippen LogP contribution in [0.4, 0.5) is 5.69 Å². The fraction of sp³-hybridized carbons (Fsp3) is 0.562. The highest BCUT2D eigenvalue weighted by atomic mass is 35.5. The van der Waals surface area contributed by atoms with E-state index >= 15 is 0 Å². The maximum Gasteiger partial charge on any atom is 0.159 e. The summed E-state index contributed by atoms with van der Waals surface area (Å²) in [6.45, 7) is 5.97. The molecule has 0 aromatic heterocycles. The zero-order chi connectivity index (χ0) is 13.8. The van der Waals surface area contributed by atoms with Crippen molar-refractivity contribution in [2.45, 2.75) is 39.5 Å². The van der Waals surface area contributed by atoms with E-state index in [4.69, 9.17) is 11.6 Å². The Bertz CT molecular complexity index is 450. The molecule has 0 saturated carbocycles. The zero-order valence-corrected chi connectivity index (χ0v) is 12.5. The molecule has 0 amide bonds. The Kier molecular flexibility index (Phi) is 4.87. The van der Waals surface area contributed by atoms with E-state index in [-0.39, 0.29) is 5.78 Å². The first kappa shape index (κ1) is 14.4. The molecule has 0 N–H and O–H groups in total. The normalized spacial score (nSPS) is 16.7. The Hall–Kier alpha value is -1.02. The second-order valence-corrected chi connectivity index (χ2v) is 5.85. The van der Waals surface area contributed by atoms with Crippen LogP contribution in [-0.2, 0) is 0 Å². The molecular weight excluding hydrogens is 258 g/mol. The van der Waals surface area contributed by atoms with Crippen molar-refractivity contribution in [3.05, 3.63) is 28.8 Å². The number of hydrogen-bond acceptors (Lipinski definition) is 2. The number of benzene rings is 1. The van der Waals surface area contributed by atoms with Crippen LogP contribution in [0.1, 0.15) is 49.9 Å². The number of anilines is 1. The van der Waals surface area contributed by atoms with Crippen molar-refractivity contribution in [1.82, 2.24) is 0 Å². The highest BCUT2D eigenvalue weighted by Crippen LogP contribution is 2.31. The van der Waals surface area contributed by atoms with Gasteiger partial charge in [-0.15, -0.1) is 0 Å². The zero-order valence-electron chi connectivity index (χ0n) is 11.8. The van der Waals surface area contributed by atoms with Crippen LogP contribution in [-0.4, -0.2) is 18.9 Å². The molecule has 2 rings (SSSR count). The van der Waals surface area contributed by atoms with Crippen LogP contribution in [0.2, 0.25) is 5.02 Å². The molecule has 3 heteroatoms. The fourth-order valence-corrected chi connectivity index (χ4v) is 3.15. The standard InChI is InChI=1S/C16H22ClNO/c1-3-4-13-7-9-18(10-8-13)16-6-5-14(12(2)19)11-15(16)17/h5-6,11,13H,3-4,7-10H2,1-2H3. The van der Waals surface area contributed by atoms with Crippen molar-refractivity contribution in [3.63, 3.8) is 0 Å². The minimum absolute atomic E-state index is 0.0649. The molecule has 1 aliphatic heterocycles. The average Bonchev–Trinajstić information content (AvgIpc) is 2.40. The molecule has 1 saturated heterocycles. The number of hydrogen-bond donors (Lipinski definition) is 0. The molecule has 1 heterocycles. The SMILES string of the molecule is CCCC1CCN(c2ccc(C(C)=O)cc2Cl)CC1. The first-order valence-electron chi connectivity index (χ1n) is 7.17. The number of carbonyl (C=O) groups excluding carboxylic acids is 1. The van der Waals surface area contributed by atoms with E-state index in [9.17, 15) is 4.79 Å². The minimum atomic E-state index is 0.0649. The summed E-state index contributed by atoms with van der Waals surface area (Å²) in [6, 6.07) is 5.65. The minimum Gasteiger partial charge on any atom is -0.370 e. The van der Waals surface area contributed by atoms with Gasteiger partial charge in [-0.1, -0.05) is 31.4 Å². The van der Waals surface area contributed by atoms with Gasteiger partial charge in [-0.3, -0.25) is 4.79 Å². The van der Waals surface area contributed by atoms with Gasteiger partial charge in [0.2, 0.25) is 0 Å². The summed E-state index contributed by atoms with van der Waals surface area (Å²) in [5.74, 6) is 0.937. The lowest BCUT2D eigenvalue weighted by atomic mass is 9.92. The molecule has 104 valence electrons. The molecule has 19 heavy (non-hydrogen) atoms. The van der Waals surface area contributed by atoms with Crippen molar-refractivity contribution in [1.29, 1.82) is 0 Å². The smallest absolute Gasteiger partial charge is 0.159 e. The Balaban J connectivity index is 2.05. The average molecular weight is 280 g/mol. The van der Waals surface area contributed by atoms with Gasteiger partial charge in [-0.2, -0.15) is 0 Å². The topological polar surface area (TPSA) is 20.3 Å². The van der Waals surface area contributed by atoms with E-state index in [1.807, 2.05) is 12.1 Å². The van der Waals surface area contributed by atoms with E-state index < -0.39 is 0 Å². The number of carbonyl (C=O) groups is 1. The summed E-state index contributed by atoms with van der Waals surface area (Å²) in [4.78, 5) is 13.7. The molecule has 0 radical (unpaired) electrons. The van der Waals surface area contributed by atoms with E-state index in [1.54, 1.807) is 13.0 Å². The fourth-order valence-electron chi connectivity index (χ4n) is 2.85. The molecule has 1 aromatic carbocycles. The second-order valence-electron chi connectivity index (χ2n) is 5.44. The molecule has 0 bridgehead atoms. The molecule has 0 spiro atoms. The third kappa shape index (κ3) is 3.50. The summed E-state index contributed by atoms with van der Waals surface area (Å²) in [5.41, 5.74) is 1.76. The van der Waals surface area contributed by atoms with Gasteiger partial charge in [0.05, 0.1) is 10.7 Å². The molecule has 1 aliphatic rings. The van der Waals surface area contributed by atoms with Crippen molar-refractivity contribution in [3.8, 4) is 0 Å². The summed E-state index contributed by atoms with van der Waals surface area (Å²) < 4.78 is 0. The molecule has 1 aromatic rings. The Morgan fingerprint density at radius 1 is 1.37 bits per heavy atom. The summed E-state index contributed by atoms with van der Waals surface area (Å²) in [7, 11) is 0. The van der Waals surface area contributed by atoms with E-state index in [0.29, 0.717) is 10.6 Å². The first-order valence-corrected chi connectivity index (χ1v) is 7.55. The number of halogens is 1. The van der Waals surface area contributed by atoms with Gasteiger partial charge < -0.3 is 4.90 Å². The third-order valence-electron chi connectivity index (χ3n) is 4.01. The van der Waals surface area contributed by atoms with Crippen molar-refractivity contribution in [2.75, 3.05) is 18.0 Å². The summed E-state index contributed by atoms with van der Waals surface area (Å²) in [5, 5.41) is 0.696. The maximum atomic E-state index is 11.3. The predicted molar refractivity (Wildman–Crippen MR) is 81.3 cm³/mol. The number of ketones is 1.